The first-order chi connectivity index (χ1) is 25.0. The number of likely N-dealkylation sites (tertiary alicyclic amines) is 1. The van der Waals surface area contributed by atoms with Crippen molar-refractivity contribution in [2.45, 2.75) is 83.7 Å². The number of phenols is 1. The van der Waals surface area contributed by atoms with E-state index in [-0.39, 0.29) is 63.4 Å². The Labute approximate surface area is 301 Å². The van der Waals surface area contributed by atoms with Crippen LogP contribution >= 0.6 is 0 Å². The number of rotatable bonds is 6. The number of piperazine rings is 1. The molecule has 9 rings (SSSR count). The number of anilines is 1. The molecule has 0 bridgehead atoms. The molecule has 2 aliphatic carbocycles. The van der Waals surface area contributed by atoms with Gasteiger partial charge in [0.1, 0.15) is 28.6 Å². The van der Waals surface area contributed by atoms with Gasteiger partial charge in [0, 0.05) is 59.9 Å². The van der Waals surface area contributed by atoms with Gasteiger partial charge in [-0.25, -0.2) is 22.5 Å². The predicted octanol–water partition coefficient (Wildman–Crippen LogP) is 7.23. The molecular weight excluding hydrogens is 672 g/mol. The maximum Gasteiger partial charge on any atom is 0.319 e. The van der Waals surface area contributed by atoms with Crippen LogP contribution in [-0.2, 0) is 6.42 Å². The number of pyridine rings is 1. The summed E-state index contributed by atoms with van der Waals surface area (Å²) in [4.78, 5) is 18.9. The highest BCUT2D eigenvalue weighted by Gasteiger charge is 2.70. The molecule has 52 heavy (non-hydrogen) atoms. The molecule has 2 atom stereocenters. The minimum absolute atomic E-state index is 0.00949. The van der Waals surface area contributed by atoms with Gasteiger partial charge in [-0.3, -0.25) is 0 Å². The standard InChI is InChI=1S/C38H38F4N6O2.C2H6/c1-3-24-26(39)5-4-22-16-23(49)17-25(29(22)24)32-31(40)33-30-27(44-32)6-7-28-21(2)43-12-15-48(28)34(30)46-35(45-33)50-20-36(8-9-36)19-47-13-10-37(11-14-47)18-38(37,41)42;1-2/h1,4-5,16-17,21,28,43,49H,6-15,18-20H2,2H3;1-2H3. The van der Waals surface area contributed by atoms with Crippen LogP contribution in [0.15, 0.2) is 24.3 Å². The van der Waals surface area contributed by atoms with Crippen LogP contribution in [0, 0.1) is 34.8 Å². The van der Waals surface area contributed by atoms with Crippen molar-refractivity contribution in [3.63, 3.8) is 0 Å². The number of alkyl halides is 2. The predicted molar refractivity (Wildman–Crippen MR) is 193 cm³/mol. The molecule has 2 aromatic carbocycles. The SMILES string of the molecule is C#Cc1c(F)ccc2cc(O)cc(-c3nc4c5c(nc(OCC6(CN7CCC8(CC7)CC8(F)F)CC6)nc5c3F)N3CCNC(C)C3CC4)c12.CC. The smallest absolute Gasteiger partial charge is 0.319 e. The molecular formula is C40H44F4N6O2. The maximum atomic E-state index is 17.1. The summed E-state index contributed by atoms with van der Waals surface area (Å²) in [6, 6.07) is 5.81. The van der Waals surface area contributed by atoms with Gasteiger partial charge < -0.3 is 25.0 Å². The zero-order chi connectivity index (χ0) is 36.6. The Morgan fingerprint density at radius 1 is 1.04 bits per heavy atom. The van der Waals surface area contributed by atoms with Gasteiger partial charge in [-0.1, -0.05) is 25.8 Å². The maximum absolute atomic E-state index is 17.1. The number of nitrogens with one attached hydrogen (secondary N) is 1. The first kappa shape index (κ1) is 34.9. The number of hydrogen-bond donors (Lipinski definition) is 2. The highest BCUT2D eigenvalue weighted by atomic mass is 19.3. The number of benzene rings is 2. The van der Waals surface area contributed by atoms with Gasteiger partial charge in [0.05, 0.1) is 23.3 Å². The minimum Gasteiger partial charge on any atom is -0.508 e. The number of halogens is 4. The van der Waals surface area contributed by atoms with Crippen molar-refractivity contribution in [3.05, 3.63) is 47.2 Å². The lowest BCUT2D eigenvalue weighted by Crippen LogP contribution is -2.57. The third-order valence-corrected chi connectivity index (χ3v) is 12.1. The Hall–Kier alpha value is -4.21. The Morgan fingerprint density at radius 2 is 1.79 bits per heavy atom. The van der Waals surface area contributed by atoms with Gasteiger partial charge >= 0.3 is 6.01 Å². The van der Waals surface area contributed by atoms with Crippen molar-refractivity contribution < 1.29 is 27.4 Å². The topological polar surface area (TPSA) is 86.6 Å². The van der Waals surface area contributed by atoms with E-state index in [0.29, 0.717) is 67.8 Å². The van der Waals surface area contributed by atoms with Crippen LogP contribution in [0.25, 0.3) is 32.9 Å². The number of nitrogens with zero attached hydrogens (tertiary/aromatic N) is 5. The quantitative estimate of drug-likeness (QED) is 0.160. The summed E-state index contributed by atoms with van der Waals surface area (Å²) in [5.41, 5.74) is -0.239. The summed E-state index contributed by atoms with van der Waals surface area (Å²) in [6.07, 6.45) is 9.91. The van der Waals surface area contributed by atoms with E-state index in [1.54, 1.807) is 0 Å². The van der Waals surface area contributed by atoms with Crippen molar-refractivity contribution >= 4 is 27.5 Å². The van der Waals surface area contributed by atoms with Crippen molar-refractivity contribution in [1.82, 2.24) is 25.2 Å². The largest absolute Gasteiger partial charge is 0.508 e. The van der Waals surface area contributed by atoms with E-state index >= 15 is 4.39 Å². The highest BCUT2D eigenvalue weighted by molar-refractivity contribution is 6.03. The van der Waals surface area contributed by atoms with E-state index in [9.17, 15) is 18.3 Å². The molecule has 3 aliphatic heterocycles. The van der Waals surface area contributed by atoms with Crippen LogP contribution in [0.3, 0.4) is 0 Å². The van der Waals surface area contributed by atoms with E-state index in [4.69, 9.17) is 21.1 Å². The number of aryl methyl sites for hydroxylation is 1. The van der Waals surface area contributed by atoms with E-state index in [2.05, 4.69) is 32.9 Å². The van der Waals surface area contributed by atoms with Gasteiger partial charge in [0.25, 0.3) is 5.92 Å². The second kappa shape index (κ2) is 12.7. The number of aromatic nitrogens is 3. The van der Waals surface area contributed by atoms with Gasteiger partial charge in [-0.15, -0.1) is 6.42 Å². The summed E-state index contributed by atoms with van der Waals surface area (Å²) in [6.45, 7) is 9.88. The number of piperidine rings is 1. The number of aromatic hydroxyl groups is 1. The first-order valence-corrected chi connectivity index (χ1v) is 18.6. The molecule has 4 aromatic rings. The lowest BCUT2D eigenvalue weighted by molar-refractivity contribution is 0.0252. The summed E-state index contributed by atoms with van der Waals surface area (Å²) in [5.74, 6) is -1.05. The molecule has 5 heterocycles. The average molecular weight is 717 g/mol. The molecule has 2 unspecified atom stereocenters. The molecule has 12 heteroatoms. The fourth-order valence-electron chi connectivity index (χ4n) is 8.81. The summed E-state index contributed by atoms with van der Waals surface area (Å²) in [7, 11) is 0. The van der Waals surface area contributed by atoms with Crippen LogP contribution in [0.5, 0.6) is 11.8 Å². The number of fused-ring (bicyclic) bond motifs is 3. The third-order valence-electron chi connectivity index (χ3n) is 12.1. The fourth-order valence-corrected chi connectivity index (χ4v) is 8.81. The van der Waals surface area contributed by atoms with Crippen LogP contribution < -0.4 is 15.0 Å². The molecule has 2 saturated carbocycles. The third kappa shape index (κ3) is 5.71. The summed E-state index contributed by atoms with van der Waals surface area (Å²) in [5, 5.41) is 15.5. The van der Waals surface area contributed by atoms with E-state index < -0.39 is 23.0 Å². The molecule has 4 fully saturated rings. The molecule has 2 saturated heterocycles. The van der Waals surface area contributed by atoms with Gasteiger partial charge in [0.2, 0.25) is 0 Å². The lowest BCUT2D eigenvalue weighted by Gasteiger charge is -2.40. The normalized spacial score (nSPS) is 23.7. The molecule has 8 nitrogen and oxygen atoms in total. The van der Waals surface area contributed by atoms with Crippen LogP contribution in [0.4, 0.5) is 23.4 Å². The van der Waals surface area contributed by atoms with Crippen LogP contribution in [0.1, 0.15) is 70.6 Å². The Kier molecular flexibility index (Phi) is 8.53. The zero-order valence-electron chi connectivity index (χ0n) is 29.8. The highest BCUT2D eigenvalue weighted by Crippen LogP contribution is 2.66. The Morgan fingerprint density at radius 3 is 2.48 bits per heavy atom. The molecule has 2 N–H and O–H groups in total. The van der Waals surface area contributed by atoms with Crippen molar-refractivity contribution in [1.29, 1.82) is 0 Å². The molecule has 0 amide bonds. The number of ether oxygens (including phenoxy) is 1. The molecule has 274 valence electrons. The molecule has 1 spiro atoms. The van der Waals surface area contributed by atoms with E-state index in [1.807, 2.05) is 13.8 Å². The summed E-state index contributed by atoms with van der Waals surface area (Å²) < 4.78 is 66.4. The van der Waals surface area contributed by atoms with Gasteiger partial charge in [0.15, 0.2) is 5.82 Å². The van der Waals surface area contributed by atoms with Crippen molar-refractivity contribution in [2.24, 2.45) is 10.8 Å². The van der Waals surface area contributed by atoms with Crippen LogP contribution in [-0.4, -0.2) is 82.3 Å². The van der Waals surface area contributed by atoms with Gasteiger partial charge in [-0.2, -0.15) is 9.97 Å². The monoisotopic (exact) mass is 716 g/mol. The van der Waals surface area contributed by atoms with Crippen molar-refractivity contribution in [3.8, 4) is 35.4 Å². The van der Waals surface area contributed by atoms with E-state index in [1.165, 1.54) is 24.3 Å². The number of terminal acetylenes is 1. The van der Waals surface area contributed by atoms with Gasteiger partial charge in [-0.05, 0) is 82.1 Å². The number of hydrogen-bond acceptors (Lipinski definition) is 8. The minimum atomic E-state index is -2.52. The number of phenolic OH excluding ortho intramolecular Hbond substituents is 1. The Bertz CT molecular complexity index is 2110. The lowest BCUT2D eigenvalue weighted by atomic mass is 9.92. The fraction of sp³-hybridized carbons (Fsp3) is 0.525. The van der Waals surface area contributed by atoms with E-state index in [0.717, 1.165) is 32.4 Å². The average Bonchev–Trinajstić information content (AvgIpc) is 4.03. The Balaban J connectivity index is 0.00000190. The molecule has 0 radical (unpaired) electrons. The van der Waals surface area contributed by atoms with Crippen molar-refractivity contribution in [2.75, 3.05) is 44.2 Å². The second-order valence-electron chi connectivity index (χ2n) is 15.2. The zero-order valence-corrected chi connectivity index (χ0v) is 29.8. The first-order valence-electron chi connectivity index (χ1n) is 18.6. The summed E-state index contributed by atoms with van der Waals surface area (Å²) >= 11 is 0. The second-order valence-corrected chi connectivity index (χ2v) is 15.2. The molecule has 5 aliphatic rings. The van der Waals surface area contributed by atoms with Crippen LogP contribution in [0.2, 0.25) is 0 Å². The molecule has 2 aromatic heterocycles.